The van der Waals surface area contributed by atoms with Crippen molar-refractivity contribution >= 4 is 44.0 Å². The van der Waals surface area contributed by atoms with Gasteiger partial charge in [0.25, 0.3) is 0 Å². The highest BCUT2D eigenvalue weighted by Crippen LogP contribution is 2.36. The average Bonchev–Trinajstić information content (AvgIpc) is 2.53. The molecular formula is C14H23BN2O6S2. The fraction of sp³-hybridized carbons (Fsp3) is 0.571. The number of anilines is 2. The van der Waals surface area contributed by atoms with E-state index in [1.54, 1.807) is 12.1 Å². The first kappa shape index (κ1) is 20.0. The number of sulfonamides is 2. The molecule has 1 aromatic carbocycles. The molecule has 1 aliphatic rings. The van der Waals surface area contributed by atoms with Crippen molar-refractivity contribution in [2.45, 2.75) is 38.9 Å². The molecule has 0 aliphatic carbocycles. The van der Waals surface area contributed by atoms with Gasteiger partial charge in [-0.05, 0) is 51.4 Å². The molecule has 1 heterocycles. The lowest BCUT2D eigenvalue weighted by Gasteiger charge is -2.32. The maximum Gasteiger partial charge on any atom is 0.494 e. The van der Waals surface area contributed by atoms with Crippen LogP contribution in [0.2, 0.25) is 0 Å². The van der Waals surface area contributed by atoms with Crippen molar-refractivity contribution in [2.24, 2.45) is 0 Å². The number of benzene rings is 1. The van der Waals surface area contributed by atoms with Crippen molar-refractivity contribution in [3.8, 4) is 0 Å². The fourth-order valence-electron chi connectivity index (χ4n) is 2.31. The van der Waals surface area contributed by atoms with E-state index in [0.717, 1.165) is 12.5 Å². The number of hydrogen-bond acceptors (Lipinski definition) is 6. The highest BCUT2D eigenvalue weighted by atomic mass is 32.2. The molecule has 0 bridgehead atoms. The molecular weight excluding hydrogens is 367 g/mol. The lowest BCUT2D eigenvalue weighted by molar-refractivity contribution is 0.00578. The zero-order chi connectivity index (χ0) is 19.3. The molecule has 0 saturated carbocycles. The lowest BCUT2D eigenvalue weighted by atomic mass is 9.78. The van der Waals surface area contributed by atoms with E-state index in [4.69, 9.17) is 9.31 Å². The Labute approximate surface area is 149 Å². The first-order chi connectivity index (χ1) is 11.1. The third-order valence-electron chi connectivity index (χ3n) is 4.09. The van der Waals surface area contributed by atoms with Gasteiger partial charge in [0.15, 0.2) is 0 Å². The molecule has 25 heavy (non-hydrogen) atoms. The van der Waals surface area contributed by atoms with Gasteiger partial charge in [-0.1, -0.05) is 0 Å². The lowest BCUT2D eigenvalue weighted by Crippen LogP contribution is -2.41. The Balaban J connectivity index is 2.47. The first-order valence-electron chi connectivity index (χ1n) is 7.54. The number of nitrogens with one attached hydrogen (secondary N) is 2. The second-order valence-corrected chi connectivity index (χ2v) is 10.7. The van der Waals surface area contributed by atoms with E-state index in [-0.39, 0.29) is 11.4 Å². The van der Waals surface area contributed by atoms with E-state index >= 15 is 0 Å². The Bertz CT molecular complexity index is 812. The van der Waals surface area contributed by atoms with Gasteiger partial charge in [-0.15, -0.1) is 0 Å². The zero-order valence-electron chi connectivity index (χ0n) is 15.1. The summed E-state index contributed by atoms with van der Waals surface area (Å²) in [6, 6.07) is 4.49. The summed E-state index contributed by atoms with van der Waals surface area (Å²) in [6.07, 6.45) is 2.02. The molecule has 0 radical (unpaired) electrons. The van der Waals surface area contributed by atoms with Gasteiger partial charge in [-0.2, -0.15) is 0 Å². The van der Waals surface area contributed by atoms with Crippen molar-refractivity contribution in [1.82, 2.24) is 0 Å². The predicted octanol–water partition coefficient (Wildman–Crippen LogP) is 0.729. The summed E-state index contributed by atoms with van der Waals surface area (Å²) in [5, 5.41) is 0. The second-order valence-electron chi connectivity index (χ2n) is 7.18. The summed E-state index contributed by atoms with van der Waals surface area (Å²) in [5.74, 6) is 0. The van der Waals surface area contributed by atoms with Crippen molar-refractivity contribution in [3.05, 3.63) is 18.2 Å². The quantitative estimate of drug-likeness (QED) is 0.717. The van der Waals surface area contributed by atoms with Gasteiger partial charge in [0.1, 0.15) is 0 Å². The maximum atomic E-state index is 11.5. The minimum Gasteiger partial charge on any atom is -0.399 e. The minimum atomic E-state index is -3.53. The Morgan fingerprint density at radius 1 is 0.800 bits per heavy atom. The molecule has 1 saturated heterocycles. The van der Waals surface area contributed by atoms with Crippen LogP contribution < -0.4 is 14.9 Å². The average molecular weight is 390 g/mol. The van der Waals surface area contributed by atoms with E-state index in [1.165, 1.54) is 6.07 Å². The molecule has 0 spiro atoms. The summed E-state index contributed by atoms with van der Waals surface area (Å²) >= 11 is 0. The Morgan fingerprint density at radius 3 is 1.48 bits per heavy atom. The van der Waals surface area contributed by atoms with Crippen LogP contribution in [-0.2, 0) is 29.4 Å². The van der Waals surface area contributed by atoms with Crippen LogP contribution in [-0.4, -0.2) is 47.7 Å². The molecule has 0 amide bonds. The van der Waals surface area contributed by atoms with E-state index in [9.17, 15) is 16.8 Å². The molecule has 0 atom stereocenters. The van der Waals surface area contributed by atoms with E-state index in [0.29, 0.717) is 5.46 Å². The molecule has 2 N–H and O–H groups in total. The fourth-order valence-corrected chi connectivity index (χ4v) is 3.40. The molecule has 1 fully saturated rings. The van der Waals surface area contributed by atoms with Gasteiger partial charge in [0.05, 0.1) is 35.1 Å². The predicted molar refractivity (Wildman–Crippen MR) is 99.1 cm³/mol. The molecule has 0 unspecified atom stereocenters. The number of rotatable bonds is 5. The van der Waals surface area contributed by atoms with Crippen LogP contribution in [0.25, 0.3) is 0 Å². The SMILES string of the molecule is CC1(C)OB(c2cc(NS(C)(=O)=O)cc(NS(C)(=O)=O)c2)OC1(C)C. The smallest absolute Gasteiger partial charge is 0.399 e. The highest BCUT2D eigenvalue weighted by Gasteiger charge is 2.51. The van der Waals surface area contributed by atoms with Crippen LogP contribution in [0.1, 0.15) is 27.7 Å². The Kier molecular flexibility index (Phi) is 4.93. The van der Waals surface area contributed by atoms with Gasteiger partial charge < -0.3 is 9.31 Å². The van der Waals surface area contributed by atoms with Crippen LogP contribution in [0.4, 0.5) is 11.4 Å². The topological polar surface area (TPSA) is 111 Å². The largest absolute Gasteiger partial charge is 0.494 e. The number of hydrogen-bond donors (Lipinski definition) is 2. The second kappa shape index (κ2) is 6.15. The third-order valence-corrected chi connectivity index (χ3v) is 5.30. The van der Waals surface area contributed by atoms with Gasteiger partial charge in [-0.25, -0.2) is 16.8 Å². The van der Waals surface area contributed by atoms with Gasteiger partial charge in [0, 0.05) is 0 Å². The van der Waals surface area contributed by atoms with E-state index in [2.05, 4.69) is 9.44 Å². The van der Waals surface area contributed by atoms with Crippen molar-refractivity contribution in [3.63, 3.8) is 0 Å². The molecule has 2 rings (SSSR count). The van der Waals surface area contributed by atoms with Crippen molar-refractivity contribution < 1.29 is 26.1 Å². The zero-order valence-corrected chi connectivity index (χ0v) is 16.7. The molecule has 0 aromatic heterocycles. The standard InChI is InChI=1S/C14H23BN2O6S2/c1-13(2)14(3,4)23-15(22-13)10-7-11(16-24(5,18)19)9-12(8-10)17-25(6,20)21/h7-9,16-17H,1-6H3. The molecule has 1 aromatic rings. The Morgan fingerprint density at radius 2 is 1.16 bits per heavy atom. The summed E-state index contributed by atoms with van der Waals surface area (Å²) in [5.41, 5.74) is -0.245. The van der Waals surface area contributed by atoms with Gasteiger partial charge in [0.2, 0.25) is 20.0 Å². The van der Waals surface area contributed by atoms with E-state index < -0.39 is 38.4 Å². The van der Waals surface area contributed by atoms with Crippen LogP contribution >= 0.6 is 0 Å². The van der Waals surface area contributed by atoms with Crippen molar-refractivity contribution in [2.75, 3.05) is 22.0 Å². The Hall–Kier alpha value is -1.30. The van der Waals surface area contributed by atoms with E-state index in [1.807, 2.05) is 27.7 Å². The van der Waals surface area contributed by atoms with Gasteiger partial charge in [-0.3, -0.25) is 9.44 Å². The van der Waals surface area contributed by atoms with Crippen LogP contribution in [0.3, 0.4) is 0 Å². The highest BCUT2D eigenvalue weighted by molar-refractivity contribution is 7.92. The maximum absolute atomic E-state index is 11.5. The minimum absolute atomic E-state index is 0.209. The summed E-state index contributed by atoms with van der Waals surface area (Å²) in [7, 11) is -7.82. The molecule has 11 heteroatoms. The van der Waals surface area contributed by atoms with Crippen LogP contribution in [0.5, 0.6) is 0 Å². The summed E-state index contributed by atoms with van der Waals surface area (Å²) in [6.45, 7) is 7.56. The van der Waals surface area contributed by atoms with Gasteiger partial charge >= 0.3 is 7.12 Å². The summed E-state index contributed by atoms with van der Waals surface area (Å²) < 4.78 is 62.7. The first-order valence-corrected chi connectivity index (χ1v) is 11.3. The summed E-state index contributed by atoms with van der Waals surface area (Å²) in [4.78, 5) is 0. The molecule has 140 valence electrons. The third kappa shape index (κ3) is 5.10. The van der Waals surface area contributed by atoms with Crippen LogP contribution in [0.15, 0.2) is 18.2 Å². The normalized spacial score (nSPS) is 19.7. The molecule has 1 aliphatic heterocycles. The van der Waals surface area contributed by atoms with Crippen molar-refractivity contribution in [1.29, 1.82) is 0 Å². The monoisotopic (exact) mass is 390 g/mol. The molecule has 8 nitrogen and oxygen atoms in total. The van der Waals surface area contributed by atoms with Crippen LogP contribution in [0, 0.1) is 0 Å².